The third kappa shape index (κ3) is 6.24. The normalized spacial score (nSPS) is 11.5. The van der Waals surface area contributed by atoms with Crippen molar-refractivity contribution in [3.63, 3.8) is 0 Å². The van der Waals surface area contributed by atoms with Gasteiger partial charge in [0, 0.05) is 26.2 Å². The summed E-state index contributed by atoms with van der Waals surface area (Å²) in [4.78, 5) is 0. The molecule has 184 valence electrons. The molecule has 0 saturated carbocycles. The van der Waals surface area contributed by atoms with Crippen LogP contribution in [0.5, 0.6) is 0 Å². The molecule has 0 amide bonds. The molecular weight excluding hydrogens is 536 g/mol. The molecule has 0 saturated heterocycles. The van der Waals surface area contributed by atoms with Crippen molar-refractivity contribution in [2.24, 2.45) is 0 Å². The minimum absolute atomic E-state index is 0. The van der Waals surface area contributed by atoms with Gasteiger partial charge in [-0.2, -0.15) is 12.1 Å². The van der Waals surface area contributed by atoms with Crippen LogP contribution in [-0.4, -0.2) is 0 Å². The summed E-state index contributed by atoms with van der Waals surface area (Å²) in [7, 11) is 0. The van der Waals surface area contributed by atoms with Crippen molar-refractivity contribution < 1.29 is 26.2 Å². The minimum atomic E-state index is 0. The fraction of sp³-hybridized carbons (Fsp3) is 0.0541. The van der Waals surface area contributed by atoms with E-state index in [1.807, 2.05) is 36.4 Å². The Morgan fingerprint density at radius 1 is 0.526 bits per heavy atom. The fourth-order valence-corrected chi connectivity index (χ4v) is 4.84. The maximum atomic E-state index is 2.25. The van der Waals surface area contributed by atoms with Gasteiger partial charge in [-0.1, -0.05) is 166 Å². The van der Waals surface area contributed by atoms with Crippen molar-refractivity contribution in [1.82, 2.24) is 0 Å². The molecule has 0 fully saturated rings. The van der Waals surface area contributed by atoms with E-state index in [9.17, 15) is 0 Å². The predicted octanol–water partition coefficient (Wildman–Crippen LogP) is 8.23. The molecule has 1 heteroatoms. The molecule has 0 nitrogen and oxygen atoms in total. The van der Waals surface area contributed by atoms with Gasteiger partial charge >= 0.3 is 0 Å². The van der Waals surface area contributed by atoms with Crippen molar-refractivity contribution in [2.45, 2.75) is 13.8 Å². The number of allylic oxidation sites excluding steroid dienone is 2. The Kier molecular flexibility index (Phi) is 9.53. The number of rotatable bonds is 4. The van der Waals surface area contributed by atoms with E-state index in [2.05, 4.69) is 129 Å². The Bertz CT molecular complexity index is 1600. The van der Waals surface area contributed by atoms with Gasteiger partial charge in [-0.25, -0.2) is 0 Å². The number of hydrogen-bond acceptors (Lipinski definition) is 0. The molecule has 1 aliphatic carbocycles. The molecule has 0 bridgehead atoms. The summed E-state index contributed by atoms with van der Waals surface area (Å²) in [5, 5.41) is 2.75. The molecule has 0 atom stereocenters. The van der Waals surface area contributed by atoms with Gasteiger partial charge in [-0.15, -0.1) is 17.7 Å². The first kappa shape index (κ1) is 27.4. The summed E-state index contributed by atoms with van der Waals surface area (Å²) < 4.78 is 0. The Morgan fingerprint density at radius 2 is 1.03 bits per heavy atom. The zero-order chi connectivity index (χ0) is 25.5. The van der Waals surface area contributed by atoms with Crippen molar-refractivity contribution in [3.05, 3.63) is 172 Å². The molecular formula is C37H31Zr-. The van der Waals surface area contributed by atoms with E-state index in [-0.39, 0.29) is 26.2 Å². The van der Waals surface area contributed by atoms with Crippen LogP contribution in [0.3, 0.4) is 0 Å². The average molecular weight is 567 g/mol. The second kappa shape index (κ2) is 13.2. The van der Waals surface area contributed by atoms with E-state index in [0.29, 0.717) is 0 Å². The van der Waals surface area contributed by atoms with Crippen LogP contribution in [-0.2, 0) is 26.2 Å². The van der Waals surface area contributed by atoms with Gasteiger partial charge in [-0.3, -0.25) is 0 Å². The molecule has 0 spiro atoms. The molecule has 38 heavy (non-hydrogen) atoms. The second-order valence-electron chi connectivity index (χ2n) is 9.36. The SMILES string of the molecule is C(/C=C/c1ccccc1)=C\c1ccccc1.CC(C)=c1cccc2c1=C([c-]1cccc1)c1ccccc1-2.[Zr]. The van der Waals surface area contributed by atoms with Gasteiger partial charge in [0.1, 0.15) is 0 Å². The zero-order valence-electron chi connectivity index (χ0n) is 21.9. The topological polar surface area (TPSA) is 0 Å². The summed E-state index contributed by atoms with van der Waals surface area (Å²) in [5.41, 5.74) is 10.6. The maximum Gasteiger partial charge on any atom is 0 e. The predicted molar refractivity (Wildman–Crippen MR) is 160 cm³/mol. The number of hydrogen-bond donors (Lipinski definition) is 0. The molecule has 0 N–H and O–H groups in total. The van der Waals surface area contributed by atoms with Crippen LogP contribution >= 0.6 is 0 Å². The Hall–Kier alpha value is -3.67. The fourth-order valence-electron chi connectivity index (χ4n) is 4.84. The van der Waals surface area contributed by atoms with Gasteiger partial charge in [0.2, 0.25) is 0 Å². The molecule has 5 aromatic rings. The van der Waals surface area contributed by atoms with E-state index in [0.717, 1.165) is 0 Å². The first-order chi connectivity index (χ1) is 18.2. The monoisotopic (exact) mass is 565 g/mol. The van der Waals surface area contributed by atoms with Crippen molar-refractivity contribution in [3.8, 4) is 11.1 Å². The third-order valence-corrected chi connectivity index (χ3v) is 6.58. The smallest absolute Gasteiger partial charge is 0 e. The maximum absolute atomic E-state index is 2.25. The molecule has 0 aromatic heterocycles. The Morgan fingerprint density at radius 3 is 1.58 bits per heavy atom. The van der Waals surface area contributed by atoms with E-state index in [1.165, 1.54) is 55.0 Å². The van der Waals surface area contributed by atoms with Gasteiger partial charge < -0.3 is 0 Å². The first-order valence-corrected chi connectivity index (χ1v) is 12.8. The largest absolute Gasteiger partial charge is 0.152 e. The van der Waals surface area contributed by atoms with E-state index in [4.69, 9.17) is 0 Å². The van der Waals surface area contributed by atoms with Crippen LogP contribution in [0.2, 0.25) is 0 Å². The Labute approximate surface area is 245 Å². The van der Waals surface area contributed by atoms with Crippen molar-refractivity contribution in [2.75, 3.05) is 0 Å². The van der Waals surface area contributed by atoms with E-state index in [1.54, 1.807) is 0 Å². The summed E-state index contributed by atoms with van der Waals surface area (Å²) >= 11 is 0. The van der Waals surface area contributed by atoms with Crippen molar-refractivity contribution >= 4 is 23.3 Å². The standard InChI is InChI=1S/C21H17.C16H14.Zr/c1-14(2)16-12-7-13-19-17-10-5-6-11-18(17)20(21(16)19)15-8-3-4-9-15;1-3-9-15(10-4-1)13-7-8-14-16-11-5-2-6-12-16;/h3-13H,1-2H3;1-14H;/q-1;;/b;13-7+,14-8+;. The summed E-state index contributed by atoms with van der Waals surface area (Å²) in [5.74, 6) is 0. The molecule has 6 rings (SSSR count). The van der Waals surface area contributed by atoms with Crippen molar-refractivity contribution in [1.29, 1.82) is 0 Å². The second-order valence-corrected chi connectivity index (χ2v) is 9.36. The summed E-state index contributed by atoms with van der Waals surface area (Å²) in [6.07, 6.45) is 8.31. The Balaban J connectivity index is 0.000000179. The molecule has 0 unspecified atom stereocenters. The van der Waals surface area contributed by atoms with Crippen LogP contribution in [0, 0.1) is 0 Å². The zero-order valence-corrected chi connectivity index (χ0v) is 24.4. The van der Waals surface area contributed by atoms with E-state index < -0.39 is 0 Å². The first-order valence-electron chi connectivity index (χ1n) is 12.8. The van der Waals surface area contributed by atoms with Gasteiger partial charge in [0.15, 0.2) is 0 Å². The quantitative estimate of drug-likeness (QED) is 0.149. The molecule has 5 aromatic carbocycles. The number of fused-ring (bicyclic) bond motifs is 3. The summed E-state index contributed by atoms with van der Waals surface area (Å²) in [6.45, 7) is 4.39. The van der Waals surface area contributed by atoms with Gasteiger partial charge in [0.25, 0.3) is 0 Å². The van der Waals surface area contributed by atoms with Gasteiger partial charge in [-0.05, 0) is 25.0 Å². The average Bonchev–Trinajstić information content (AvgIpc) is 3.59. The molecule has 0 radical (unpaired) electrons. The van der Waals surface area contributed by atoms with Gasteiger partial charge in [0.05, 0.1) is 0 Å². The summed E-state index contributed by atoms with van der Waals surface area (Å²) in [6, 6.07) is 44.6. The van der Waals surface area contributed by atoms with Crippen LogP contribution < -0.4 is 10.4 Å². The third-order valence-electron chi connectivity index (χ3n) is 6.58. The molecule has 0 aliphatic heterocycles. The molecule has 1 aliphatic rings. The number of benzene rings is 4. The minimum Gasteiger partial charge on any atom is -0.152 e. The van der Waals surface area contributed by atoms with Crippen LogP contribution in [0.25, 0.3) is 34.4 Å². The van der Waals surface area contributed by atoms with Crippen LogP contribution in [0.15, 0.2) is 140 Å². The van der Waals surface area contributed by atoms with Crippen LogP contribution in [0.1, 0.15) is 36.1 Å². The van der Waals surface area contributed by atoms with E-state index >= 15 is 0 Å². The van der Waals surface area contributed by atoms with Crippen LogP contribution in [0.4, 0.5) is 0 Å². The molecule has 0 heterocycles.